The predicted octanol–water partition coefficient (Wildman–Crippen LogP) is 4.55. The molecule has 0 aromatic heterocycles. The molecule has 0 heterocycles. The zero-order valence-corrected chi connectivity index (χ0v) is 13.1. The Hall–Kier alpha value is -1.46. The van der Waals surface area contributed by atoms with Gasteiger partial charge in [0, 0.05) is 10.5 Å². The molecule has 112 valence electrons. The highest BCUT2D eigenvalue weighted by Crippen LogP contribution is 2.22. The fourth-order valence-electron chi connectivity index (χ4n) is 2.12. The lowest BCUT2D eigenvalue weighted by Gasteiger charge is -2.17. The van der Waals surface area contributed by atoms with Crippen LogP contribution in [0, 0.1) is 0 Å². The Bertz CT molecular complexity index is 557. The molecule has 0 bridgehead atoms. The molecule has 0 aliphatic heterocycles. The molecule has 0 aliphatic rings. The molecule has 0 saturated carbocycles. The number of hydrogen-bond donors (Lipinski definition) is 1. The summed E-state index contributed by atoms with van der Waals surface area (Å²) in [5.41, 5.74) is 2.23. The number of rotatable bonds is 6. The van der Waals surface area contributed by atoms with E-state index in [4.69, 9.17) is 0 Å². The highest BCUT2D eigenvalue weighted by molar-refractivity contribution is 9.10. The minimum Gasteiger partial charge on any atom is -0.435 e. The molecule has 1 N–H and O–H groups in total. The van der Waals surface area contributed by atoms with Crippen LogP contribution in [0.25, 0.3) is 0 Å². The summed E-state index contributed by atoms with van der Waals surface area (Å²) in [6.07, 6.45) is 0.818. The van der Waals surface area contributed by atoms with Crippen LogP contribution in [0.1, 0.15) is 17.2 Å². The molecule has 0 aliphatic carbocycles. The summed E-state index contributed by atoms with van der Waals surface area (Å²) in [4.78, 5) is 0. The van der Waals surface area contributed by atoms with Crippen molar-refractivity contribution in [2.24, 2.45) is 0 Å². The first-order valence-electron chi connectivity index (χ1n) is 6.55. The number of hydrogen-bond acceptors (Lipinski definition) is 2. The fraction of sp³-hybridized carbons (Fsp3) is 0.250. The summed E-state index contributed by atoms with van der Waals surface area (Å²) in [6, 6.07) is 15.0. The van der Waals surface area contributed by atoms with Gasteiger partial charge in [0.2, 0.25) is 0 Å². The van der Waals surface area contributed by atoms with Gasteiger partial charge < -0.3 is 10.1 Å². The van der Waals surface area contributed by atoms with Gasteiger partial charge in [-0.1, -0.05) is 40.2 Å². The molecule has 21 heavy (non-hydrogen) atoms. The lowest BCUT2D eigenvalue weighted by Crippen LogP contribution is -2.18. The zero-order chi connectivity index (χ0) is 15.2. The third kappa shape index (κ3) is 4.79. The van der Waals surface area contributed by atoms with E-state index in [9.17, 15) is 8.78 Å². The first kappa shape index (κ1) is 15.9. The monoisotopic (exact) mass is 355 g/mol. The van der Waals surface area contributed by atoms with Crippen LogP contribution in [0.4, 0.5) is 8.78 Å². The minimum absolute atomic E-state index is 0.117. The van der Waals surface area contributed by atoms with E-state index in [1.54, 1.807) is 24.3 Å². The van der Waals surface area contributed by atoms with E-state index in [0.717, 1.165) is 16.5 Å². The van der Waals surface area contributed by atoms with E-state index in [0.29, 0.717) is 0 Å². The topological polar surface area (TPSA) is 21.3 Å². The number of ether oxygens (including phenoxy) is 1. The Labute approximate surface area is 131 Å². The maximum Gasteiger partial charge on any atom is 0.387 e. The van der Waals surface area contributed by atoms with Crippen molar-refractivity contribution < 1.29 is 13.5 Å². The molecular formula is C16H16BrF2NO. The van der Waals surface area contributed by atoms with E-state index in [1.165, 1.54) is 5.56 Å². The Morgan fingerprint density at radius 1 is 1.05 bits per heavy atom. The molecule has 1 unspecified atom stereocenters. The van der Waals surface area contributed by atoms with E-state index in [2.05, 4.69) is 38.1 Å². The molecule has 0 spiro atoms. The van der Waals surface area contributed by atoms with Crippen LogP contribution in [-0.2, 0) is 6.42 Å². The SMILES string of the molecule is CNC(Cc1ccc(Br)cc1)c1ccc(OC(F)F)cc1. The molecule has 2 rings (SSSR count). The Balaban J connectivity index is 2.08. The summed E-state index contributed by atoms with van der Waals surface area (Å²) in [6.45, 7) is -2.79. The molecule has 2 aromatic rings. The Morgan fingerprint density at radius 2 is 1.67 bits per heavy atom. The number of benzene rings is 2. The van der Waals surface area contributed by atoms with Crippen molar-refractivity contribution in [1.82, 2.24) is 5.32 Å². The molecule has 5 heteroatoms. The summed E-state index contributed by atoms with van der Waals surface area (Å²) >= 11 is 3.41. The van der Waals surface area contributed by atoms with Gasteiger partial charge in [0.1, 0.15) is 5.75 Å². The number of halogens is 3. The highest BCUT2D eigenvalue weighted by Gasteiger charge is 2.11. The van der Waals surface area contributed by atoms with Crippen LogP contribution in [0.5, 0.6) is 5.75 Å². The van der Waals surface area contributed by atoms with Gasteiger partial charge in [0.15, 0.2) is 0 Å². The van der Waals surface area contributed by atoms with Crippen molar-refractivity contribution in [1.29, 1.82) is 0 Å². The van der Waals surface area contributed by atoms with Gasteiger partial charge in [-0.3, -0.25) is 0 Å². The average Bonchev–Trinajstić information content (AvgIpc) is 2.47. The molecular weight excluding hydrogens is 340 g/mol. The van der Waals surface area contributed by atoms with Crippen molar-refractivity contribution in [3.63, 3.8) is 0 Å². The normalized spacial score (nSPS) is 12.4. The van der Waals surface area contributed by atoms with Gasteiger partial charge in [0.05, 0.1) is 0 Å². The maximum atomic E-state index is 12.1. The van der Waals surface area contributed by atoms with Gasteiger partial charge in [-0.05, 0) is 48.9 Å². The first-order valence-corrected chi connectivity index (χ1v) is 7.34. The van der Waals surface area contributed by atoms with Crippen molar-refractivity contribution in [3.8, 4) is 5.75 Å². The smallest absolute Gasteiger partial charge is 0.387 e. The maximum absolute atomic E-state index is 12.1. The fourth-order valence-corrected chi connectivity index (χ4v) is 2.39. The molecule has 0 fully saturated rings. The largest absolute Gasteiger partial charge is 0.435 e. The van der Waals surface area contributed by atoms with E-state index >= 15 is 0 Å². The van der Waals surface area contributed by atoms with Crippen LogP contribution in [0.3, 0.4) is 0 Å². The van der Waals surface area contributed by atoms with Crippen molar-refractivity contribution in [3.05, 3.63) is 64.1 Å². The average molecular weight is 356 g/mol. The molecule has 2 nitrogen and oxygen atoms in total. The van der Waals surface area contributed by atoms with Crippen molar-refractivity contribution in [2.45, 2.75) is 19.1 Å². The standard InChI is InChI=1S/C16H16BrF2NO/c1-20-15(10-11-2-6-13(17)7-3-11)12-4-8-14(9-5-12)21-16(18)19/h2-9,15-16,20H,10H2,1H3. The third-order valence-corrected chi connectivity index (χ3v) is 3.74. The second-order valence-electron chi connectivity index (χ2n) is 4.62. The van der Waals surface area contributed by atoms with Crippen LogP contribution < -0.4 is 10.1 Å². The molecule has 1 atom stereocenters. The van der Waals surface area contributed by atoms with Crippen LogP contribution in [-0.4, -0.2) is 13.7 Å². The second-order valence-corrected chi connectivity index (χ2v) is 5.54. The van der Waals surface area contributed by atoms with Gasteiger partial charge >= 0.3 is 6.61 Å². The molecule has 0 radical (unpaired) electrons. The first-order chi connectivity index (χ1) is 10.1. The van der Waals surface area contributed by atoms with E-state index < -0.39 is 6.61 Å². The summed E-state index contributed by atoms with van der Waals surface area (Å²) in [5, 5.41) is 3.24. The van der Waals surface area contributed by atoms with E-state index in [1.807, 2.05) is 19.2 Å². The van der Waals surface area contributed by atoms with Gasteiger partial charge in [-0.2, -0.15) is 8.78 Å². The van der Waals surface area contributed by atoms with E-state index in [-0.39, 0.29) is 11.8 Å². The van der Waals surface area contributed by atoms with Crippen LogP contribution >= 0.6 is 15.9 Å². The van der Waals surface area contributed by atoms with Gasteiger partial charge in [-0.15, -0.1) is 0 Å². The number of alkyl halides is 2. The lowest BCUT2D eigenvalue weighted by molar-refractivity contribution is -0.0498. The predicted molar refractivity (Wildman–Crippen MR) is 82.7 cm³/mol. The second kappa shape index (κ2) is 7.52. The molecule has 0 amide bonds. The number of nitrogens with one attached hydrogen (secondary N) is 1. The van der Waals surface area contributed by atoms with Crippen molar-refractivity contribution >= 4 is 15.9 Å². The minimum atomic E-state index is -2.79. The van der Waals surface area contributed by atoms with Crippen LogP contribution in [0.2, 0.25) is 0 Å². The molecule has 2 aromatic carbocycles. The highest BCUT2D eigenvalue weighted by atomic mass is 79.9. The van der Waals surface area contributed by atoms with Crippen LogP contribution in [0.15, 0.2) is 53.0 Å². The quantitative estimate of drug-likeness (QED) is 0.820. The Kier molecular flexibility index (Phi) is 5.70. The lowest BCUT2D eigenvalue weighted by atomic mass is 9.99. The third-order valence-electron chi connectivity index (χ3n) is 3.21. The van der Waals surface area contributed by atoms with Gasteiger partial charge in [0.25, 0.3) is 0 Å². The summed E-state index contributed by atoms with van der Waals surface area (Å²) < 4.78 is 29.7. The van der Waals surface area contributed by atoms with Crippen molar-refractivity contribution in [2.75, 3.05) is 7.05 Å². The Morgan fingerprint density at radius 3 is 2.19 bits per heavy atom. The van der Waals surface area contributed by atoms with Gasteiger partial charge in [-0.25, -0.2) is 0 Å². The molecule has 0 saturated heterocycles. The summed E-state index contributed by atoms with van der Waals surface area (Å²) in [5.74, 6) is 0.173. The zero-order valence-electron chi connectivity index (χ0n) is 11.5. The summed E-state index contributed by atoms with van der Waals surface area (Å²) in [7, 11) is 1.88. The number of likely N-dealkylation sites (N-methyl/N-ethyl adjacent to an activating group) is 1.